The molecule has 0 saturated carbocycles. The molecule has 0 radical (unpaired) electrons. The van der Waals surface area contributed by atoms with Gasteiger partial charge in [-0.2, -0.15) is 0 Å². The Morgan fingerprint density at radius 3 is 2.56 bits per heavy atom. The Morgan fingerprint density at radius 2 is 1.79 bits per heavy atom. The van der Waals surface area contributed by atoms with E-state index in [0.29, 0.717) is 17.0 Å². The van der Waals surface area contributed by atoms with Crippen molar-refractivity contribution in [3.05, 3.63) is 70.2 Å². The largest absolute Gasteiger partial charge is 0.298 e. The first-order valence-corrected chi connectivity index (χ1v) is 13.6. The fourth-order valence-electron chi connectivity index (χ4n) is 4.98. The molecule has 3 aromatic rings. The average molecular weight is 496 g/mol. The highest BCUT2D eigenvalue weighted by Gasteiger charge is 2.35. The number of hydrogen-bond donors (Lipinski definition) is 1. The molecule has 2 atom stereocenters. The molecule has 0 bridgehead atoms. The summed E-state index contributed by atoms with van der Waals surface area (Å²) < 4.78 is 26.2. The van der Waals surface area contributed by atoms with Crippen LogP contribution in [-0.4, -0.2) is 43.1 Å². The number of piperidine rings is 1. The van der Waals surface area contributed by atoms with Crippen LogP contribution in [0, 0.1) is 11.8 Å². The van der Waals surface area contributed by atoms with Gasteiger partial charge in [-0.3, -0.25) is 19.8 Å². The molecule has 1 fully saturated rings. The fourth-order valence-corrected chi connectivity index (χ4v) is 7.36. The van der Waals surface area contributed by atoms with Crippen LogP contribution >= 0.6 is 11.3 Å². The van der Waals surface area contributed by atoms with E-state index in [1.807, 2.05) is 5.38 Å². The molecular weight excluding hydrogens is 470 g/mol. The lowest BCUT2D eigenvalue weighted by Gasteiger charge is -2.34. The van der Waals surface area contributed by atoms with Crippen molar-refractivity contribution >= 4 is 38.0 Å². The van der Waals surface area contributed by atoms with Crippen molar-refractivity contribution in [1.82, 2.24) is 9.88 Å². The maximum absolute atomic E-state index is 13.1. The molecule has 5 rings (SSSR count). The van der Waals surface area contributed by atoms with E-state index in [1.54, 1.807) is 12.1 Å². The number of anilines is 1. The van der Waals surface area contributed by atoms with Crippen molar-refractivity contribution in [2.24, 2.45) is 11.8 Å². The number of carbonyl (C=O) groups is 2. The highest BCUT2D eigenvalue weighted by Crippen LogP contribution is 2.35. The SMILES string of the molecule is CC1CC(C)CN(Cc2csc(NC(=O)c3ccc4c(c3)S(=O)(=O)c3ccccc3C4=O)n2)C1. The fraction of sp³-hybridized carbons (Fsp3) is 0.320. The number of sulfone groups is 1. The van der Waals surface area contributed by atoms with E-state index < -0.39 is 15.7 Å². The summed E-state index contributed by atoms with van der Waals surface area (Å²) in [7, 11) is -3.90. The van der Waals surface area contributed by atoms with E-state index in [-0.39, 0.29) is 32.3 Å². The van der Waals surface area contributed by atoms with E-state index in [4.69, 9.17) is 0 Å². The molecule has 0 spiro atoms. The first kappa shape index (κ1) is 22.9. The molecule has 7 nitrogen and oxygen atoms in total. The summed E-state index contributed by atoms with van der Waals surface area (Å²) >= 11 is 1.34. The number of amides is 1. The van der Waals surface area contributed by atoms with Crippen molar-refractivity contribution in [2.45, 2.75) is 36.6 Å². The van der Waals surface area contributed by atoms with Gasteiger partial charge in [-0.05, 0) is 48.6 Å². The van der Waals surface area contributed by atoms with Gasteiger partial charge in [0, 0.05) is 41.7 Å². The van der Waals surface area contributed by atoms with Crippen LogP contribution in [0.2, 0.25) is 0 Å². The molecule has 176 valence electrons. The number of hydrogen-bond acceptors (Lipinski definition) is 7. The van der Waals surface area contributed by atoms with Crippen molar-refractivity contribution in [2.75, 3.05) is 18.4 Å². The zero-order chi connectivity index (χ0) is 24.0. The molecule has 0 aliphatic carbocycles. The minimum absolute atomic E-state index is 0.0315. The van der Waals surface area contributed by atoms with E-state index in [9.17, 15) is 18.0 Å². The quantitative estimate of drug-likeness (QED) is 0.455. The number of ketones is 1. The van der Waals surface area contributed by atoms with Gasteiger partial charge in [0.2, 0.25) is 9.84 Å². The molecule has 1 aromatic heterocycles. The van der Waals surface area contributed by atoms with Gasteiger partial charge < -0.3 is 0 Å². The van der Waals surface area contributed by atoms with E-state index in [0.717, 1.165) is 25.3 Å². The van der Waals surface area contributed by atoms with Gasteiger partial charge in [0.1, 0.15) is 0 Å². The molecule has 2 aromatic carbocycles. The summed E-state index contributed by atoms with van der Waals surface area (Å²) in [4.78, 5) is 32.5. The molecule has 34 heavy (non-hydrogen) atoms. The van der Waals surface area contributed by atoms with Gasteiger partial charge in [0.15, 0.2) is 10.9 Å². The van der Waals surface area contributed by atoms with Crippen LogP contribution in [-0.2, 0) is 16.4 Å². The number of nitrogens with zero attached hydrogens (tertiary/aromatic N) is 2. The highest BCUT2D eigenvalue weighted by atomic mass is 32.2. The summed E-state index contributed by atoms with van der Waals surface area (Å²) in [5.41, 5.74) is 1.29. The molecular formula is C25H25N3O4S2. The number of likely N-dealkylation sites (tertiary alicyclic amines) is 1. The summed E-state index contributed by atoms with van der Waals surface area (Å²) in [5.74, 6) is 0.477. The molecule has 1 N–H and O–H groups in total. The zero-order valence-electron chi connectivity index (χ0n) is 18.9. The van der Waals surface area contributed by atoms with Crippen LogP contribution in [0.15, 0.2) is 57.6 Å². The van der Waals surface area contributed by atoms with Gasteiger partial charge >= 0.3 is 0 Å². The summed E-state index contributed by atoms with van der Waals surface area (Å²) in [6.45, 7) is 7.34. The Morgan fingerprint density at radius 1 is 1.09 bits per heavy atom. The summed E-state index contributed by atoms with van der Waals surface area (Å²) in [6, 6.07) is 10.3. The molecule has 2 aliphatic heterocycles. The minimum Gasteiger partial charge on any atom is -0.298 e. The van der Waals surface area contributed by atoms with E-state index in [1.165, 1.54) is 48.1 Å². The number of thiazole rings is 1. The standard InChI is InChI=1S/C25H25N3O4S2/c1-15-9-16(2)12-28(11-15)13-18-14-33-25(26-18)27-24(30)17-7-8-20-22(10-17)34(31,32)21-6-4-3-5-19(21)23(20)29/h3-8,10,14-16H,9,11-13H2,1-2H3,(H,26,27,30). The Labute approximate surface area is 202 Å². The predicted octanol–water partition coefficient (Wildman–Crippen LogP) is 4.25. The monoisotopic (exact) mass is 495 g/mol. The van der Waals surface area contributed by atoms with Crippen molar-refractivity contribution < 1.29 is 18.0 Å². The van der Waals surface area contributed by atoms with E-state index in [2.05, 4.69) is 29.0 Å². The third kappa shape index (κ3) is 4.19. The highest BCUT2D eigenvalue weighted by molar-refractivity contribution is 7.91. The third-order valence-electron chi connectivity index (χ3n) is 6.30. The second-order valence-corrected chi connectivity index (χ2v) is 12.0. The Bertz CT molecular complexity index is 1390. The van der Waals surface area contributed by atoms with Crippen LogP contribution in [0.1, 0.15) is 52.2 Å². The maximum atomic E-state index is 13.1. The van der Waals surface area contributed by atoms with Crippen LogP contribution in [0.4, 0.5) is 5.13 Å². The van der Waals surface area contributed by atoms with Crippen molar-refractivity contribution in [1.29, 1.82) is 0 Å². The van der Waals surface area contributed by atoms with Crippen LogP contribution in [0.3, 0.4) is 0 Å². The topological polar surface area (TPSA) is 96.4 Å². The van der Waals surface area contributed by atoms with Gasteiger partial charge in [-0.15, -0.1) is 11.3 Å². The lowest BCUT2D eigenvalue weighted by atomic mass is 9.92. The average Bonchev–Trinajstić information content (AvgIpc) is 3.23. The lowest BCUT2D eigenvalue weighted by molar-refractivity contribution is 0.101. The van der Waals surface area contributed by atoms with E-state index >= 15 is 0 Å². The van der Waals surface area contributed by atoms with Crippen molar-refractivity contribution in [3.8, 4) is 0 Å². The summed E-state index contributed by atoms with van der Waals surface area (Å²) in [6.07, 6.45) is 1.24. The van der Waals surface area contributed by atoms with Gasteiger partial charge in [0.25, 0.3) is 5.91 Å². The number of rotatable bonds is 4. The summed E-state index contributed by atoms with van der Waals surface area (Å²) in [5, 5.41) is 5.16. The van der Waals surface area contributed by atoms with Gasteiger partial charge in [-0.25, -0.2) is 13.4 Å². The smallest absolute Gasteiger partial charge is 0.257 e. The van der Waals surface area contributed by atoms with Crippen LogP contribution in [0.25, 0.3) is 0 Å². The predicted molar refractivity (Wildman–Crippen MR) is 130 cm³/mol. The molecule has 1 amide bonds. The van der Waals surface area contributed by atoms with Crippen molar-refractivity contribution in [3.63, 3.8) is 0 Å². The number of fused-ring (bicyclic) bond motifs is 2. The number of aromatic nitrogens is 1. The van der Waals surface area contributed by atoms with Crippen LogP contribution in [0.5, 0.6) is 0 Å². The third-order valence-corrected chi connectivity index (χ3v) is 8.96. The molecule has 1 saturated heterocycles. The zero-order valence-corrected chi connectivity index (χ0v) is 20.6. The second-order valence-electron chi connectivity index (χ2n) is 9.28. The first-order valence-electron chi connectivity index (χ1n) is 11.2. The van der Waals surface area contributed by atoms with Crippen LogP contribution < -0.4 is 5.32 Å². The minimum atomic E-state index is -3.90. The molecule has 9 heteroatoms. The van der Waals surface area contributed by atoms with Gasteiger partial charge in [0.05, 0.1) is 15.5 Å². The molecule has 2 aliphatic rings. The normalized spacial score (nSPS) is 21.5. The maximum Gasteiger partial charge on any atom is 0.257 e. The number of nitrogens with one attached hydrogen (secondary N) is 1. The number of carbonyl (C=O) groups excluding carboxylic acids is 2. The molecule has 2 unspecified atom stereocenters. The Balaban J connectivity index is 1.34. The number of benzene rings is 2. The second kappa shape index (κ2) is 8.72. The molecule has 3 heterocycles. The van der Waals surface area contributed by atoms with Gasteiger partial charge in [-0.1, -0.05) is 26.0 Å². The first-order chi connectivity index (χ1) is 16.2. The lowest BCUT2D eigenvalue weighted by Crippen LogP contribution is -2.38. The Hall–Kier alpha value is -2.88. The Kier molecular flexibility index (Phi) is 5.87.